The van der Waals surface area contributed by atoms with Gasteiger partial charge in [-0.2, -0.15) is 0 Å². The summed E-state index contributed by atoms with van der Waals surface area (Å²) in [6.45, 7) is 10.2. The van der Waals surface area contributed by atoms with Crippen LogP contribution in [0.2, 0.25) is 0 Å². The predicted octanol–water partition coefficient (Wildman–Crippen LogP) is 5.63. The number of ether oxygens (including phenoxy) is 1. The van der Waals surface area contributed by atoms with E-state index < -0.39 is 0 Å². The van der Waals surface area contributed by atoms with Crippen molar-refractivity contribution in [3.63, 3.8) is 0 Å². The van der Waals surface area contributed by atoms with Crippen LogP contribution in [0.1, 0.15) is 47.0 Å². The number of anilines is 1. The Morgan fingerprint density at radius 2 is 2.00 bits per heavy atom. The molecule has 0 amide bonds. The van der Waals surface area contributed by atoms with Crippen molar-refractivity contribution in [2.75, 3.05) is 5.73 Å². The highest BCUT2D eigenvalue weighted by Gasteiger charge is 2.31. The van der Waals surface area contributed by atoms with Gasteiger partial charge in [0, 0.05) is 12.1 Å². The second-order valence-electron chi connectivity index (χ2n) is 9.04. The van der Waals surface area contributed by atoms with Gasteiger partial charge in [0.15, 0.2) is 0 Å². The Hall–Kier alpha value is -3.02. The third kappa shape index (κ3) is 5.23. The third-order valence-electron chi connectivity index (χ3n) is 6.45. The van der Waals surface area contributed by atoms with Gasteiger partial charge in [-0.05, 0) is 67.9 Å². The van der Waals surface area contributed by atoms with Crippen molar-refractivity contribution in [3.05, 3.63) is 42.5 Å². The number of nitrogens with two attached hydrogens (primary N) is 1. The number of fused-ring (bicyclic) bond motifs is 1. The number of aromatic hydroxyl groups is 1. The van der Waals surface area contributed by atoms with Gasteiger partial charge in [-0.1, -0.05) is 39.3 Å². The number of phenols is 1. The minimum atomic E-state index is 0.0999. The number of benzene rings is 2. The number of carbonyl (C=O) groups excluding carboxylic acids is 1. The smallest absolute Gasteiger partial charge is 0.293 e. The standard InChI is InChI=1S/C15H15N3O.C11H20O2/c1-2-18-13-6-4-3-5-12(13)17-15(18)10-7-8-14(19)11(16)9-10;1-8(2)10-5-4-9(3)6-11(10)13-7-12/h3-9,19H,2,16H2,1H3;7-11H,4-6H2,1-3H3. The summed E-state index contributed by atoms with van der Waals surface area (Å²) in [4.78, 5) is 15.0. The average Bonchev–Trinajstić information content (AvgIpc) is 3.15. The SMILES string of the molecule is CC1CCC(C(C)C)C(OC=O)C1.CCn1c(-c2ccc(O)c(N)c2)nc2ccccc21. The van der Waals surface area contributed by atoms with Crippen LogP contribution in [0.25, 0.3) is 22.4 Å². The largest absolute Gasteiger partial charge is 0.506 e. The van der Waals surface area contributed by atoms with Crippen molar-refractivity contribution < 1.29 is 14.6 Å². The predicted molar refractivity (Wildman–Crippen MR) is 129 cm³/mol. The van der Waals surface area contributed by atoms with Crippen molar-refractivity contribution in [1.82, 2.24) is 9.55 Å². The van der Waals surface area contributed by atoms with Gasteiger partial charge in [-0.25, -0.2) is 4.98 Å². The van der Waals surface area contributed by atoms with E-state index in [0.717, 1.165) is 35.4 Å². The van der Waals surface area contributed by atoms with Gasteiger partial charge >= 0.3 is 0 Å². The summed E-state index contributed by atoms with van der Waals surface area (Å²) in [6.07, 6.45) is 3.70. The molecule has 0 aliphatic heterocycles. The van der Waals surface area contributed by atoms with E-state index in [4.69, 9.17) is 10.5 Å². The first-order valence-corrected chi connectivity index (χ1v) is 11.5. The number of phenolic OH excluding ortho intramolecular Hbond substituents is 1. The Bertz CT molecular complexity index is 1040. The molecule has 0 bridgehead atoms. The lowest BCUT2D eigenvalue weighted by atomic mass is 9.75. The number of hydrogen-bond acceptors (Lipinski definition) is 5. The molecular weight excluding hydrogens is 402 g/mol. The Labute approximate surface area is 190 Å². The molecule has 3 aromatic rings. The lowest BCUT2D eigenvalue weighted by Crippen LogP contribution is -2.33. The number of nitrogen functional groups attached to an aromatic ring is 1. The van der Waals surface area contributed by atoms with Gasteiger partial charge < -0.3 is 20.1 Å². The molecule has 2 aromatic carbocycles. The van der Waals surface area contributed by atoms with E-state index in [-0.39, 0.29) is 11.9 Å². The van der Waals surface area contributed by atoms with Crippen LogP contribution in [0.4, 0.5) is 5.69 Å². The molecule has 0 spiro atoms. The molecule has 1 fully saturated rings. The van der Waals surface area contributed by atoms with Crippen LogP contribution < -0.4 is 5.73 Å². The molecule has 32 heavy (non-hydrogen) atoms. The number of aromatic nitrogens is 2. The van der Waals surface area contributed by atoms with E-state index in [2.05, 4.69) is 43.3 Å². The number of hydrogen-bond donors (Lipinski definition) is 2. The summed E-state index contributed by atoms with van der Waals surface area (Å²) in [7, 11) is 0. The molecule has 3 atom stereocenters. The summed E-state index contributed by atoms with van der Waals surface area (Å²) >= 11 is 0. The topological polar surface area (TPSA) is 90.4 Å². The van der Waals surface area contributed by atoms with Gasteiger partial charge in [0.2, 0.25) is 0 Å². The van der Waals surface area contributed by atoms with Crippen molar-refractivity contribution in [1.29, 1.82) is 0 Å². The summed E-state index contributed by atoms with van der Waals surface area (Å²) < 4.78 is 7.29. The summed E-state index contributed by atoms with van der Waals surface area (Å²) in [6, 6.07) is 13.2. The van der Waals surface area contributed by atoms with Crippen LogP contribution in [-0.2, 0) is 16.1 Å². The molecular formula is C26H35N3O3. The molecule has 6 nitrogen and oxygen atoms in total. The van der Waals surface area contributed by atoms with Crippen molar-refractivity contribution >= 4 is 23.2 Å². The molecule has 1 aromatic heterocycles. The molecule has 1 aliphatic rings. The molecule has 3 unspecified atom stereocenters. The Morgan fingerprint density at radius 1 is 1.25 bits per heavy atom. The van der Waals surface area contributed by atoms with Crippen LogP contribution in [0.3, 0.4) is 0 Å². The van der Waals surface area contributed by atoms with E-state index in [1.807, 2.05) is 24.3 Å². The number of carbonyl (C=O) groups is 1. The molecule has 4 rings (SSSR count). The van der Waals surface area contributed by atoms with Crippen molar-refractivity contribution in [2.45, 2.75) is 59.6 Å². The average molecular weight is 438 g/mol. The van der Waals surface area contributed by atoms with Gasteiger partial charge in [0.05, 0.1) is 16.7 Å². The van der Waals surface area contributed by atoms with E-state index in [1.165, 1.54) is 12.8 Å². The molecule has 1 aliphatic carbocycles. The molecule has 0 radical (unpaired) electrons. The number of imidazole rings is 1. The summed E-state index contributed by atoms with van der Waals surface area (Å²) in [5, 5.41) is 9.50. The van der Waals surface area contributed by atoms with Crippen LogP contribution >= 0.6 is 0 Å². The normalized spacial score (nSPS) is 20.6. The zero-order valence-corrected chi connectivity index (χ0v) is 19.5. The van der Waals surface area contributed by atoms with Crippen molar-refractivity contribution in [2.24, 2.45) is 17.8 Å². The number of aryl methyl sites for hydroxylation is 1. The zero-order chi connectivity index (χ0) is 23.3. The molecule has 6 heteroatoms. The van der Waals surface area contributed by atoms with Crippen LogP contribution in [0.15, 0.2) is 42.5 Å². The molecule has 1 heterocycles. The van der Waals surface area contributed by atoms with E-state index in [1.54, 1.807) is 12.1 Å². The van der Waals surface area contributed by atoms with Gasteiger partial charge in [-0.3, -0.25) is 4.79 Å². The summed E-state index contributed by atoms with van der Waals surface area (Å²) in [5.41, 5.74) is 9.10. The lowest BCUT2D eigenvalue weighted by molar-refractivity contribution is -0.140. The second-order valence-corrected chi connectivity index (χ2v) is 9.04. The molecule has 0 saturated heterocycles. The highest BCUT2D eigenvalue weighted by molar-refractivity contribution is 5.81. The second kappa shape index (κ2) is 10.5. The fourth-order valence-corrected chi connectivity index (χ4v) is 4.65. The zero-order valence-electron chi connectivity index (χ0n) is 19.5. The molecule has 1 saturated carbocycles. The fraction of sp³-hybridized carbons (Fsp3) is 0.462. The number of para-hydroxylation sites is 2. The van der Waals surface area contributed by atoms with Crippen molar-refractivity contribution in [3.8, 4) is 17.1 Å². The van der Waals surface area contributed by atoms with E-state index in [0.29, 0.717) is 29.9 Å². The highest BCUT2D eigenvalue weighted by Crippen LogP contribution is 2.35. The first-order valence-electron chi connectivity index (χ1n) is 11.5. The minimum absolute atomic E-state index is 0.0999. The first kappa shape index (κ1) is 23.6. The quantitative estimate of drug-likeness (QED) is 0.307. The van der Waals surface area contributed by atoms with Crippen LogP contribution in [0, 0.1) is 17.8 Å². The maximum absolute atomic E-state index is 10.3. The van der Waals surface area contributed by atoms with E-state index in [9.17, 15) is 9.90 Å². The highest BCUT2D eigenvalue weighted by atomic mass is 16.5. The van der Waals surface area contributed by atoms with Gasteiger partial charge in [-0.15, -0.1) is 0 Å². The number of rotatable bonds is 5. The third-order valence-corrected chi connectivity index (χ3v) is 6.45. The maximum atomic E-state index is 10.3. The van der Waals surface area contributed by atoms with Gasteiger partial charge in [0.1, 0.15) is 17.7 Å². The number of nitrogens with zero attached hydrogens (tertiary/aromatic N) is 2. The summed E-state index contributed by atoms with van der Waals surface area (Å²) in [5.74, 6) is 2.87. The Kier molecular flexibility index (Phi) is 7.78. The first-order chi connectivity index (χ1) is 15.3. The maximum Gasteiger partial charge on any atom is 0.293 e. The van der Waals surface area contributed by atoms with Gasteiger partial charge in [0.25, 0.3) is 6.47 Å². The monoisotopic (exact) mass is 437 g/mol. The molecule has 172 valence electrons. The van der Waals surface area contributed by atoms with Crippen LogP contribution in [-0.4, -0.2) is 27.2 Å². The molecule has 3 N–H and O–H groups in total. The minimum Gasteiger partial charge on any atom is -0.506 e. The Balaban J connectivity index is 0.000000195. The fourth-order valence-electron chi connectivity index (χ4n) is 4.65. The van der Waals surface area contributed by atoms with Crippen LogP contribution in [0.5, 0.6) is 5.75 Å². The van der Waals surface area contributed by atoms with E-state index >= 15 is 0 Å². The Morgan fingerprint density at radius 3 is 2.66 bits per heavy atom. The lowest BCUT2D eigenvalue weighted by Gasteiger charge is -2.35.